The predicted octanol–water partition coefficient (Wildman–Crippen LogP) is 5.63. The molecular formula is C30H27F2N5O3. The number of aliphatic carboxylic acids is 1. The second-order valence-electron chi connectivity index (χ2n) is 10.2. The Morgan fingerprint density at radius 1 is 1.07 bits per heavy atom. The average Bonchev–Trinajstić information content (AvgIpc) is 3.57. The fourth-order valence-electron chi connectivity index (χ4n) is 5.75. The summed E-state index contributed by atoms with van der Waals surface area (Å²) in [6, 6.07) is 9.79. The van der Waals surface area contributed by atoms with Crippen LogP contribution in [-0.2, 0) is 11.2 Å². The van der Waals surface area contributed by atoms with Crippen LogP contribution in [0.15, 0.2) is 61.1 Å². The van der Waals surface area contributed by atoms with Gasteiger partial charge in [-0.05, 0) is 36.6 Å². The molecular weight excluding hydrogens is 516 g/mol. The van der Waals surface area contributed by atoms with Crippen LogP contribution in [0.25, 0.3) is 27.7 Å². The molecule has 0 unspecified atom stereocenters. The maximum Gasteiger partial charge on any atom is 0.326 e. The molecule has 1 amide bonds. The van der Waals surface area contributed by atoms with E-state index in [9.17, 15) is 23.5 Å². The molecule has 0 spiro atoms. The number of carbonyl (C=O) groups is 2. The third kappa shape index (κ3) is 4.70. The summed E-state index contributed by atoms with van der Waals surface area (Å²) in [5.74, 6) is -3.12. The van der Waals surface area contributed by atoms with Crippen LogP contribution in [0.2, 0.25) is 0 Å². The van der Waals surface area contributed by atoms with Gasteiger partial charge in [0, 0.05) is 52.8 Å². The van der Waals surface area contributed by atoms with Crippen molar-refractivity contribution in [3.8, 4) is 11.1 Å². The van der Waals surface area contributed by atoms with Crippen molar-refractivity contribution >= 4 is 28.4 Å². The Hall–Kier alpha value is -4.60. The number of carbonyl (C=O) groups excluding carboxylic acids is 1. The summed E-state index contributed by atoms with van der Waals surface area (Å²) < 4.78 is 30.1. The molecule has 10 heteroatoms. The fourth-order valence-corrected chi connectivity index (χ4v) is 5.75. The minimum atomic E-state index is -1.19. The Kier molecular flexibility index (Phi) is 6.75. The van der Waals surface area contributed by atoms with Gasteiger partial charge in [0.1, 0.15) is 23.2 Å². The van der Waals surface area contributed by atoms with Gasteiger partial charge in [-0.3, -0.25) is 4.79 Å². The predicted molar refractivity (Wildman–Crippen MR) is 145 cm³/mol. The van der Waals surface area contributed by atoms with Gasteiger partial charge in [-0.2, -0.15) is 5.10 Å². The first-order valence-corrected chi connectivity index (χ1v) is 13.3. The van der Waals surface area contributed by atoms with Crippen LogP contribution in [0.1, 0.15) is 59.6 Å². The highest BCUT2D eigenvalue weighted by molar-refractivity contribution is 6.01. The number of fused-ring (bicyclic) bond motifs is 2. The van der Waals surface area contributed by atoms with E-state index in [1.165, 1.54) is 24.5 Å². The number of aromatic nitrogens is 4. The maximum absolute atomic E-state index is 14.9. The largest absolute Gasteiger partial charge is 0.480 e. The van der Waals surface area contributed by atoms with E-state index in [1.807, 2.05) is 24.3 Å². The van der Waals surface area contributed by atoms with Gasteiger partial charge in [0.05, 0.1) is 11.9 Å². The zero-order chi connectivity index (χ0) is 27.8. The van der Waals surface area contributed by atoms with Crippen LogP contribution >= 0.6 is 0 Å². The summed E-state index contributed by atoms with van der Waals surface area (Å²) in [4.78, 5) is 33.1. The van der Waals surface area contributed by atoms with Crippen molar-refractivity contribution < 1.29 is 23.5 Å². The molecule has 0 bridgehead atoms. The van der Waals surface area contributed by atoms with Crippen molar-refractivity contribution in [2.45, 2.75) is 50.5 Å². The number of hydrogen-bond donors (Lipinski definition) is 3. The minimum absolute atomic E-state index is 0.0446. The summed E-state index contributed by atoms with van der Waals surface area (Å²) >= 11 is 0. The number of benzene rings is 2. The molecule has 1 aliphatic rings. The van der Waals surface area contributed by atoms with E-state index in [4.69, 9.17) is 0 Å². The number of nitrogens with one attached hydrogen (secondary N) is 2. The van der Waals surface area contributed by atoms with Crippen molar-refractivity contribution in [3.05, 3.63) is 89.5 Å². The third-order valence-electron chi connectivity index (χ3n) is 7.72. The van der Waals surface area contributed by atoms with E-state index in [-0.39, 0.29) is 29.1 Å². The Labute approximate surface area is 228 Å². The molecule has 6 rings (SSSR count). The SMILES string of the molecule is O=C(N[C@@H](Cc1c[nH]c2ccccc12)C(=O)O)c1cnn2c(C3CCCCC3)c(-c3ccc(F)cc3F)cnc12. The number of amides is 1. The number of hydrogen-bond acceptors (Lipinski definition) is 4. The molecule has 1 aliphatic carbocycles. The van der Waals surface area contributed by atoms with Gasteiger partial charge in [-0.1, -0.05) is 37.5 Å². The molecule has 5 aromatic rings. The Balaban J connectivity index is 1.36. The van der Waals surface area contributed by atoms with Crippen molar-refractivity contribution in [2.75, 3.05) is 0 Å². The quantitative estimate of drug-likeness (QED) is 0.246. The smallest absolute Gasteiger partial charge is 0.326 e. The summed E-state index contributed by atoms with van der Waals surface area (Å²) in [7, 11) is 0. The van der Waals surface area contributed by atoms with Gasteiger partial charge in [0.25, 0.3) is 5.91 Å². The maximum atomic E-state index is 14.9. The van der Waals surface area contributed by atoms with Gasteiger partial charge in [-0.25, -0.2) is 23.1 Å². The molecule has 0 aliphatic heterocycles. The number of halogens is 2. The van der Waals surface area contributed by atoms with Crippen LogP contribution in [0.3, 0.4) is 0 Å². The second-order valence-corrected chi connectivity index (χ2v) is 10.2. The monoisotopic (exact) mass is 543 g/mol. The van der Waals surface area contributed by atoms with Crippen molar-refractivity contribution in [3.63, 3.8) is 0 Å². The summed E-state index contributed by atoms with van der Waals surface area (Å²) in [6.45, 7) is 0. The Bertz CT molecular complexity index is 1740. The number of carboxylic acid groups (broad SMARTS) is 1. The molecule has 1 fully saturated rings. The number of para-hydroxylation sites is 1. The van der Waals surface area contributed by atoms with Crippen LogP contribution in [-0.4, -0.2) is 42.6 Å². The number of aromatic amines is 1. The molecule has 3 heterocycles. The summed E-state index contributed by atoms with van der Waals surface area (Å²) in [5, 5.41) is 17.9. The van der Waals surface area contributed by atoms with E-state index in [1.54, 1.807) is 10.7 Å². The third-order valence-corrected chi connectivity index (χ3v) is 7.72. The van der Waals surface area contributed by atoms with Crippen LogP contribution in [0, 0.1) is 11.6 Å². The first-order valence-electron chi connectivity index (χ1n) is 13.3. The summed E-state index contributed by atoms with van der Waals surface area (Å²) in [6.07, 6.45) is 9.52. The molecule has 2 aromatic carbocycles. The second kappa shape index (κ2) is 10.5. The Morgan fingerprint density at radius 3 is 2.65 bits per heavy atom. The molecule has 3 N–H and O–H groups in total. The molecule has 0 radical (unpaired) electrons. The number of carboxylic acids is 1. The van der Waals surface area contributed by atoms with Gasteiger partial charge in [0.15, 0.2) is 5.65 Å². The highest BCUT2D eigenvalue weighted by Gasteiger charge is 2.28. The number of nitrogens with zero attached hydrogens (tertiary/aromatic N) is 3. The first-order chi connectivity index (χ1) is 19.4. The molecule has 1 saturated carbocycles. The standard InChI is InChI=1S/C30H27F2N5O3/c31-19-10-11-21(24(32)13-19)22-15-34-28-23(16-35-37(28)27(22)17-6-2-1-3-7-17)29(38)36-26(30(39)40)12-18-14-33-25-9-5-4-8-20(18)25/h4-5,8-11,13-17,26,33H,1-3,6-7,12H2,(H,36,38)(H,39,40)/t26-/m0/s1. The molecule has 0 saturated heterocycles. The van der Waals surface area contributed by atoms with E-state index < -0.39 is 29.6 Å². The van der Waals surface area contributed by atoms with Crippen LogP contribution < -0.4 is 5.32 Å². The lowest BCUT2D eigenvalue weighted by molar-refractivity contribution is -0.139. The first kappa shape index (κ1) is 25.7. The molecule has 40 heavy (non-hydrogen) atoms. The lowest BCUT2D eigenvalue weighted by atomic mass is 9.84. The molecule has 8 nitrogen and oxygen atoms in total. The van der Waals surface area contributed by atoms with Crippen molar-refractivity contribution in [2.24, 2.45) is 0 Å². The average molecular weight is 544 g/mol. The zero-order valence-corrected chi connectivity index (χ0v) is 21.5. The lowest BCUT2D eigenvalue weighted by Gasteiger charge is -2.25. The summed E-state index contributed by atoms with van der Waals surface area (Å²) in [5.41, 5.74) is 3.43. The molecule has 3 aromatic heterocycles. The molecule has 204 valence electrons. The number of H-pyrrole nitrogens is 1. The fraction of sp³-hybridized carbons (Fsp3) is 0.267. The van der Waals surface area contributed by atoms with Gasteiger partial charge in [-0.15, -0.1) is 0 Å². The number of rotatable bonds is 7. The van der Waals surface area contributed by atoms with Crippen molar-refractivity contribution in [1.29, 1.82) is 0 Å². The van der Waals surface area contributed by atoms with E-state index in [2.05, 4.69) is 20.4 Å². The van der Waals surface area contributed by atoms with Gasteiger partial charge >= 0.3 is 5.97 Å². The molecule has 1 atom stereocenters. The van der Waals surface area contributed by atoms with E-state index >= 15 is 0 Å². The zero-order valence-electron chi connectivity index (χ0n) is 21.5. The topological polar surface area (TPSA) is 112 Å². The van der Waals surface area contributed by atoms with Crippen LogP contribution in [0.4, 0.5) is 8.78 Å². The van der Waals surface area contributed by atoms with E-state index in [0.29, 0.717) is 11.3 Å². The van der Waals surface area contributed by atoms with E-state index in [0.717, 1.165) is 54.6 Å². The lowest BCUT2D eigenvalue weighted by Crippen LogP contribution is -2.42. The minimum Gasteiger partial charge on any atom is -0.480 e. The van der Waals surface area contributed by atoms with Crippen molar-refractivity contribution in [1.82, 2.24) is 24.9 Å². The highest BCUT2D eigenvalue weighted by atomic mass is 19.1. The van der Waals surface area contributed by atoms with Gasteiger partial charge < -0.3 is 15.4 Å². The Morgan fingerprint density at radius 2 is 1.88 bits per heavy atom. The van der Waals surface area contributed by atoms with Crippen LogP contribution in [0.5, 0.6) is 0 Å². The van der Waals surface area contributed by atoms with Gasteiger partial charge in [0.2, 0.25) is 0 Å². The normalized spacial score (nSPS) is 14.9. The highest BCUT2D eigenvalue weighted by Crippen LogP contribution is 2.39.